The van der Waals surface area contributed by atoms with Crippen LogP contribution in [-0.2, 0) is 10.5 Å². The average Bonchev–Trinajstić information content (AvgIpc) is 2.80. The summed E-state index contributed by atoms with van der Waals surface area (Å²) >= 11 is 23.6. The molecule has 1 aliphatic rings. The van der Waals surface area contributed by atoms with Crippen molar-refractivity contribution in [1.29, 1.82) is 0 Å². The fourth-order valence-corrected chi connectivity index (χ4v) is 5.23. The van der Waals surface area contributed by atoms with Gasteiger partial charge in [-0.05, 0) is 61.0 Å². The highest BCUT2D eigenvalue weighted by Crippen LogP contribution is 2.38. The number of amidine groups is 1. The van der Waals surface area contributed by atoms with Gasteiger partial charge in [-0.25, -0.2) is 4.99 Å². The molecule has 2 N–H and O–H groups in total. The van der Waals surface area contributed by atoms with E-state index in [1.165, 1.54) is 0 Å². The zero-order chi connectivity index (χ0) is 24.2. The van der Waals surface area contributed by atoms with Gasteiger partial charge in [0, 0.05) is 42.2 Å². The number of carbonyl (C=O) groups excluding carboxylic acids is 1. The number of anilines is 1. The largest absolute Gasteiger partial charge is 0.338 e. The van der Waals surface area contributed by atoms with Crippen molar-refractivity contribution in [3.05, 3.63) is 109 Å². The highest BCUT2D eigenvalue weighted by Gasteiger charge is 2.31. The Kier molecular flexibility index (Phi) is 8.27. The molecule has 0 fully saturated rings. The van der Waals surface area contributed by atoms with Gasteiger partial charge in [0.1, 0.15) is 6.04 Å². The number of allylic oxidation sites excluding steroid dienone is 1. The minimum atomic E-state index is -0.589. The van der Waals surface area contributed by atoms with Crippen molar-refractivity contribution in [2.45, 2.75) is 18.7 Å². The minimum absolute atomic E-state index is 0.256. The molecule has 34 heavy (non-hydrogen) atoms. The van der Waals surface area contributed by atoms with E-state index in [9.17, 15) is 4.79 Å². The van der Waals surface area contributed by atoms with Gasteiger partial charge >= 0.3 is 0 Å². The van der Waals surface area contributed by atoms with Crippen LogP contribution < -0.4 is 10.6 Å². The number of rotatable bonds is 5. The molecule has 1 atom stereocenters. The smallest absolute Gasteiger partial charge is 0.255 e. The van der Waals surface area contributed by atoms with Crippen LogP contribution in [0.5, 0.6) is 0 Å². The maximum absolute atomic E-state index is 13.4. The summed E-state index contributed by atoms with van der Waals surface area (Å²) in [5.41, 5.74) is 3.70. The van der Waals surface area contributed by atoms with Crippen molar-refractivity contribution in [3.63, 3.8) is 0 Å². The van der Waals surface area contributed by atoms with Crippen LogP contribution in [0.4, 0.5) is 5.69 Å². The molecule has 1 aliphatic heterocycles. The van der Waals surface area contributed by atoms with Crippen molar-refractivity contribution in [2.75, 3.05) is 5.32 Å². The molecule has 3 aromatic carbocycles. The Morgan fingerprint density at radius 2 is 1.71 bits per heavy atom. The molecule has 0 bridgehead atoms. The SMILES string of the molecule is CC1=C(C(=O)Nc2ccc(Br)cc2)C(c2ccc(Cl)cc2Cl)N=C(SCc2ccc(Cl)cc2)N1. The van der Waals surface area contributed by atoms with Crippen LogP contribution >= 0.6 is 62.5 Å². The van der Waals surface area contributed by atoms with Crippen molar-refractivity contribution < 1.29 is 4.79 Å². The predicted octanol–water partition coefficient (Wildman–Crippen LogP) is 8.26. The molecule has 0 saturated carbocycles. The molecule has 3 aromatic rings. The van der Waals surface area contributed by atoms with Gasteiger partial charge in [-0.3, -0.25) is 4.79 Å². The maximum atomic E-state index is 13.4. The van der Waals surface area contributed by atoms with E-state index in [1.54, 1.807) is 23.9 Å². The Morgan fingerprint density at radius 1 is 1.03 bits per heavy atom. The van der Waals surface area contributed by atoms with Crippen LogP contribution in [0.1, 0.15) is 24.1 Å². The van der Waals surface area contributed by atoms with E-state index in [-0.39, 0.29) is 5.91 Å². The topological polar surface area (TPSA) is 53.5 Å². The average molecular weight is 596 g/mol. The van der Waals surface area contributed by atoms with Crippen LogP contribution in [0.15, 0.2) is 87.5 Å². The van der Waals surface area contributed by atoms with Gasteiger partial charge < -0.3 is 10.6 Å². The van der Waals surface area contributed by atoms with Gasteiger partial charge in [0.05, 0.1) is 5.57 Å². The van der Waals surface area contributed by atoms with Gasteiger partial charge in [-0.2, -0.15) is 0 Å². The minimum Gasteiger partial charge on any atom is -0.338 e. The lowest BCUT2D eigenvalue weighted by Gasteiger charge is -2.27. The number of amides is 1. The van der Waals surface area contributed by atoms with Gasteiger partial charge in [-0.15, -0.1) is 0 Å². The summed E-state index contributed by atoms with van der Waals surface area (Å²) in [4.78, 5) is 18.2. The molecule has 0 radical (unpaired) electrons. The highest BCUT2D eigenvalue weighted by atomic mass is 79.9. The second kappa shape index (κ2) is 11.2. The molecule has 0 spiro atoms. The predicted molar refractivity (Wildman–Crippen MR) is 148 cm³/mol. The summed E-state index contributed by atoms with van der Waals surface area (Å²) in [7, 11) is 0. The van der Waals surface area contributed by atoms with E-state index in [4.69, 9.17) is 39.8 Å². The molecule has 1 heterocycles. The first kappa shape index (κ1) is 25.1. The van der Waals surface area contributed by atoms with Crippen LogP contribution in [-0.4, -0.2) is 11.1 Å². The molecule has 9 heteroatoms. The molecular weight excluding hydrogens is 577 g/mol. The summed E-state index contributed by atoms with van der Waals surface area (Å²) in [6.45, 7) is 1.87. The van der Waals surface area contributed by atoms with Gasteiger partial charge in [0.25, 0.3) is 5.91 Å². The van der Waals surface area contributed by atoms with Gasteiger partial charge in [-0.1, -0.05) is 80.7 Å². The Balaban J connectivity index is 1.63. The standard InChI is InChI=1S/C25H19BrCl3N3OS/c1-14-22(24(33)31-19-9-4-16(26)5-10-19)23(20-11-8-18(28)12-21(20)29)32-25(30-14)34-13-15-2-6-17(27)7-3-15/h2-12,23H,13H2,1H3,(H,30,32)(H,31,33). The third-order valence-electron chi connectivity index (χ3n) is 5.11. The van der Waals surface area contributed by atoms with Crippen LogP contribution in [0.2, 0.25) is 15.1 Å². The fraction of sp³-hybridized carbons (Fsp3) is 0.120. The fourth-order valence-electron chi connectivity index (χ4n) is 3.43. The molecule has 174 valence electrons. The molecular formula is C25H19BrCl3N3OS. The lowest BCUT2D eigenvalue weighted by molar-refractivity contribution is -0.113. The Morgan fingerprint density at radius 3 is 2.38 bits per heavy atom. The summed E-state index contributed by atoms with van der Waals surface area (Å²) in [5, 5.41) is 8.61. The first-order chi connectivity index (χ1) is 16.3. The number of carbonyl (C=O) groups is 1. The Labute approximate surface area is 225 Å². The second-order valence-electron chi connectivity index (χ2n) is 7.54. The summed E-state index contributed by atoms with van der Waals surface area (Å²) < 4.78 is 0.929. The number of benzene rings is 3. The number of hydrogen-bond acceptors (Lipinski definition) is 4. The Bertz CT molecular complexity index is 1280. The van der Waals surface area contributed by atoms with E-state index in [1.807, 2.05) is 61.5 Å². The van der Waals surface area contributed by atoms with Crippen molar-refractivity contribution in [3.8, 4) is 0 Å². The normalized spacial score (nSPS) is 15.6. The molecule has 0 aliphatic carbocycles. The van der Waals surface area contributed by atoms with Gasteiger partial charge in [0.15, 0.2) is 5.17 Å². The monoisotopic (exact) mass is 593 g/mol. The molecule has 4 rings (SSSR count). The number of halogens is 4. The van der Waals surface area contributed by atoms with Crippen molar-refractivity contribution in [2.24, 2.45) is 4.99 Å². The first-order valence-corrected chi connectivity index (χ1v) is 13.2. The maximum Gasteiger partial charge on any atom is 0.255 e. The zero-order valence-electron chi connectivity index (χ0n) is 17.9. The lowest BCUT2D eigenvalue weighted by Crippen LogP contribution is -2.32. The Hall–Kier alpha value is -1.96. The third-order valence-corrected chi connectivity index (χ3v) is 7.41. The molecule has 0 saturated heterocycles. The molecule has 4 nitrogen and oxygen atoms in total. The number of aliphatic imine (C=N–C) groups is 1. The molecule has 1 unspecified atom stereocenters. The van der Waals surface area contributed by atoms with E-state index in [0.717, 1.165) is 10.0 Å². The van der Waals surface area contributed by atoms with E-state index in [0.29, 0.717) is 48.5 Å². The van der Waals surface area contributed by atoms with Crippen LogP contribution in [0.25, 0.3) is 0 Å². The van der Waals surface area contributed by atoms with Crippen LogP contribution in [0, 0.1) is 0 Å². The number of hydrogen-bond donors (Lipinski definition) is 2. The van der Waals surface area contributed by atoms with Crippen molar-refractivity contribution >= 4 is 79.3 Å². The van der Waals surface area contributed by atoms with E-state index < -0.39 is 6.04 Å². The number of thioether (sulfide) groups is 1. The molecule has 0 aromatic heterocycles. The highest BCUT2D eigenvalue weighted by molar-refractivity contribution is 9.10. The van der Waals surface area contributed by atoms with Crippen LogP contribution in [0.3, 0.4) is 0 Å². The summed E-state index contributed by atoms with van der Waals surface area (Å²) in [6.07, 6.45) is 0. The van der Waals surface area contributed by atoms with E-state index in [2.05, 4.69) is 26.6 Å². The number of nitrogens with one attached hydrogen (secondary N) is 2. The second-order valence-corrected chi connectivity index (χ2v) is 10.7. The lowest BCUT2D eigenvalue weighted by atomic mass is 9.95. The summed E-state index contributed by atoms with van der Waals surface area (Å²) in [5.74, 6) is 0.437. The quantitative estimate of drug-likeness (QED) is 0.312. The third kappa shape index (κ3) is 6.18. The first-order valence-electron chi connectivity index (χ1n) is 10.2. The number of nitrogens with zero attached hydrogens (tertiary/aromatic N) is 1. The summed E-state index contributed by atoms with van der Waals surface area (Å²) in [6, 6.07) is 19.7. The molecule has 1 amide bonds. The zero-order valence-corrected chi connectivity index (χ0v) is 22.6. The van der Waals surface area contributed by atoms with Gasteiger partial charge in [0.2, 0.25) is 0 Å². The van der Waals surface area contributed by atoms with E-state index >= 15 is 0 Å². The van der Waals surface area contributed by atoms with Crippen molar-refractivity contribution in [1.82, 2.24) is 5.32 Å².